The normalized spacial score (nSPS) is 12.0. The number of anilines is 1. The molecule has 4 nitrogen and oxygen atoms in total. The molecule has 1 unspecified atom stereocenters. The van der Waals surface area contributed by atoms with Crippen LogP contribution in [0.3, 0.4) is 0 Å². The van der Waals surface area contributed by atoms with Crippen molar-refractivity contribution in [3.63, 3.8) is 0 Å². The van der Waals surface area contributed by atoms with E-state index in [-0.39, 0.29) is 11.9 Å². The van der Waals surface area contributed by atoms with E-state index < -0.39 is 0 Å². The van der Waals surface area contributed by atoms with E-state index in [1.165, 1.54) is 0 Å². The van der Waals surface area contributed by atoms with E-state index >= 15 is 0 Å². The third-order valence-electron chi connectivity index (χ3n) is 4.08. The summed E-state index contributed by atoms with van der Waals surface area (Å²) in [6.45, 7) is 8.90. The van der Waals surface area contributed by atoms with Gasteiger partial charge in [-0.05, 0) is 44.9 Å². The molecule has 0 saturated heterocycles. The van der Waals surface area contributed by atoms with E-state index in [1.807, 2.05) is 61.2 Å². The lowest BCUT2D eigenvalue weighted by Gasteiger charge is -2.27. The van der Waals surface area contributed by atoms with Crippen molar-refractivity contribution >= 4 is 11.6 Å². The molecule has 1 N–H and O–H groups in total. The summed E-state index contributed by atoms with van der Waals surface area (Å²) in [5.74, 6) is -0.0401. The van der Waals surface area contributed by atoms with Gasteiger partial charge in [0.05, 0.1) is 0 Å². The maximum Gasteiger partial charge on any atom is 0.273 e. The summed E-state index contributed by atoms with van der Waals surface area (Å²) in [6.07, 6.45) is 2.72. The molecule has 0 aliphatic carbocycles. The average Bonchev–Trinajstić information content (AvgIpc) is 2.60. The minimum Gasteiger partial charge on any atom is -0.382 e. The summed E-state index contributed by atoms with van der Waals surface area (Å²) in [5, 5.41) is 3.39. The minimum atomic E-state index is -0.0401. The molecule has 0 saturated carbocycles. The van der Waals surface area contributed by atoms with Crippen molar-refractivity contribution in [1.29, 1.82) is 0 Å². The van der Waals surface area contributed by atoms with Crippen molar-refractivity contribution in [2.24, 2.45) is 0 Å². The van der Waals surface area contributed by atoms with Gasteiger partial charge in [-0.2, -0.15) is 0 Å². The number of rotatable bonds is 7. The van der Waals surface area contributed by atoms with Gasteiger partial charge in [0.1, 0.15) is 5.69 Å². The Morgan fingerprint density at radius 2 is 1.88 bits per heavy atom. The average molecular weight is 325 g/mol. The van der Waals surface area contributed by atoms with Crippen LogP contribution in [0, 0.1) is 0 Å². The maximum absolute atomic E-state index is 12.9. The number of hydrogen-bond acceptors (Lipinski definition) is 3. The van der Waals surface area contributed by atoms with Gasteiger partial charge < -0.3 is 10.2 Å². The Hall–Kier alpha value is -2.36. The predicted octanol–water partition coefficient (Wildman–Crippen LogP) is 4.34. The Bertz CT molecular complexity index is 655. The van der Waals surface area contributed by atoms with E-state index in [0.717, 1.165) is 17.7 Å². The van der Waals surface area contributed by atoms with Gasteiger partial charge in [-0.1, -0.05) is 37.3 Å². The number of nitrogens with one attached hydrogen (secondary N) is 1. The second-order valence-corrected chi connectivity index (χ2v) is 6.40. The third-order valence-corrected chi connectivity index (χ3v) is 4.08. The monoisotopic (exact) mass is 325 g/mol. The van der Waals surface area contributed by atoms with E-state index in [4.69, 9.17) is 0 Å². The van der Waals surface area contributed by atoms with Crippen LogP contribution in [0.2, 0.25) is 0 Å². The number of benzene rings is 1. The second-order valence-electron chi connectivity index (χ2n) is 6.40. The van der Waals surface area contributed by atoms with Gasteiger partial charge in [-0.25, -0.2) is 0 Å². The van der Waals surface area contributed by atoms with Gasteiger partial charge in [0.15, 0.2) is 0 Å². The molecule has 0 aliphatic rings. The van der Waals surface area contributed by atoms with Crippen LogP contribution in [0.4, 0.5) is 5.69 Å². The molecule has 1 aromatic carbocycles. The van der Waals surface area contributed by atoms with Crippen molar-refractivity contribution in [1.82, 2.24) is 9.88 Å². The lowest BCUT2D eigenvalue weighted by molar-refractivity contribution is 0.0684. The summed E-state index contributed by atoms with van der Waals surface area (Å²) in [4.78, 5) is 19.1. The molecule has 0 aliphatic heterocycles. The fourth-order valence-corrected chi connectivity index (χ4v) is 2.44. The number of carbonyl (C=O) groups is 1. The molecular weight excluding hydrogens is 298 g/mol. The number of amides is 1. The van der Waals surface area contributed by atoms with Crippen molar-refractivity contribution in [3.8, 4) is 0 Å². The van der Waals surface area contributed by atoms with E-state index in [1.54, 1.807) is 6.20 Å². The van der Waals surface area contributed by atoms with E-state index in [2.05, 4.69) is 24.1 Å². The maximum atomic E-state index is 12.9. The molecule has 1 aromatic heterocycles. The Morgan fingerprint density at radius 1 is 1.17 bits per heavy atom. The van der Waals surface area contributed by atoms with Crippen LogP contribution >= 0.6 is 0 Å². The van der Waals surface area contributed by atoms with Crippen LogP contribution in [0.5, 0.6) is 0 Å². The highest BCUT2D eigenvalue weighted by molar-refractivity contribution is 5.93. The summed E-state index contributed by atoms with van der Waals surface area (Å²) < 4.78 is 0. The molecule has 2 aromatic rings. The topological polar surface area (TPSA) is 45.2 Å². The molecule has 1 amide bonds. The number of nitrogens with zero attached hydrogens (tertiary/aromatic N) is 2. The fourth-order valence-electron chi connectivity index (χ4n) is 2.44. The van der Waals surface area contributed by atoms with Gasteiger partial charge >= 0.3 is 0 Å². The first-order chi connectivity index (χ1) is 11.5. The van der Waals surface area contributed by atoms with Crippen molar-refractivity contribution in [2.45, 2.75) is 52.7 Å². The largest absolute Gasteiger partial charge is 0.382 e. The van der Waals surface area contributed by atoms with Crippen LogP contribution in [-0.4, -0.2) is 27.9 Å². The van der Waals surface area contributed by atoms with Gasteiger partial charge in [-0.15, -0.1) is 0 Å². The first-order valence-electron chi connectivity index (χ1n) is 8.58. The van der Waals surface area contributed by atoms with E-state index in [0.29, 0.717) is 18.3 Å². The fraction of sp³-hybridized carbons (Fsp3) is 0.400. The zero-order valence-electron chi connectivity index (χ0n) is 15.0. The van der Waals surface area contributed by atoms with Gasteiger partial charge in [-0.3, -0.25) is 9.78 Å². The van der Waals surface area contributed by atoms with Crippen molar-refractivity contribution < 1.29 is 4.79 Å². The number of carbonyl (C=O) groups excluding carboxylic acids is 1. The minimum absolute atomic E-state index is 0.0401. The van der Waals surface area contributed by atoms with Gasteiger partial charge in [0.25, 0.3) is 5.91 Å². The Morgan fingerprint density at radius 3 is 2.50 bits per heavy atom. The SMILES string of the molecule is CCC(C)Nc1ccnc(C(=O)N(Cc2ccccc2)C(C)C)c1. The molecule has 0 bridgehead atoms. The van der Waals surface area contributed by atoms with E-state index in [9.17, 15) is 4.79 Å². The molecule has 2 rings (SSSR count). The Balaban J connectivity index is 2.19. The number of hydrogen-bond donors (Lipinski definition) is 1. The summed E-state index contributed by atoms with van der Waals surface area (Å²) in [7, 11) is 0. The molecule has 128 valence electrons. The number of aromatic nitrogens is 1. The van der Waals surface area contributed by atoms with Crippen LogP contribution in [-0.2, 0) is 6.54 Å². The highest BCUT2D eigenvalue weighted by atomic mass is 16.2. The molecule has 0 fully saturated rings. The summed E-state index contributed by atoms with van der Waals surface area (Å²) in [6, 6.07) is 14.3. The molecule has 0 radical (unpaired) electrons. The molecule has 4 heteroatoms. The zero-order valence-corrected chi connectivity index (χ0v) is 15.0. The third kappa shape index (κ3) is 4.82. The Labute approximate surface area is 144 Å². The van der Waals surface area contributed by atoms with Gasteiger partial charge in [0.2, 0.25) is 0 Å². The smallest absolute Gasteiger partial charge is 0.273 e. The first-order valence-corrected chi connectivity index (χ1v) is 8.58. The number of pyridine rings is 1. The summed E-state index contributed by atoms with van der Waals surface area (Å²) >= 11 is 0. The molecule has 24 heavy (non-hydrogen) atoms. The first kappa shape index (κ1) is 18.0. The standard InChI is InChI=1S/C20H27N3O/c1-5-16(4)22-18-11-12-21-19(13-18)20(24)23(15(2)3)14-17-9-7-6-8-10-17/h6-13,15-16H,5,14H2,1-4H3,(H,21,22). The highest BCUT2D eigenvalue weighted by Crippen LogP contribution is 2.16. The molecule has 1 atom stereocenters. The van der Waals surface area contributed by atoms with Crippen molar-refractivity contribution in [2.75, 3.05) is 5.32 Å². The van der Waals surface area contributed by atoms with Gasteiger partial charge in [0, 0.05) is 30.5 Å². The van der Waals surface area contributed by atoms with Crippen LogP contribution < -0.4 is 5.32 Å². The Kier molecular flexibility index (Phi) is 6.36. The van der Waals surface area contributed by atoms with Crippen LogP contribution in [0.25, 0.3) is 0 Å². The second kappa shape index (κ2) is 8.48. The summed E-state index contributed by atoms with van der Waals surface area (Å²) in [5.41, 5.74) is 2.53. The highest BCUT2D eigenvalue weighted by Gasteiger charge is 2.20. The molecule has 0 spiro atoms. The predicted molar refractivity (Wildman–Crippen MR) is 99.1 cm³/mol. The van der Waals surface area contributed by atoms with Crippen LogP contribution in [0.1, 0.15) is 50.2 Å². The van der Waals surface area contributed by atoms with Crippen molar-refractivity contribution in [3.05, 3.63) is 59.9 Å². The lowest BCUT2D eigenvalue weighted by Crippen LogP contribution is -2.36. The van der Waals surface area contributed by atoms with Crippen LogP contribution in [0.15, 0.2) is 48.7 Å². The zero-order chi connectivity index (χ0) is 17.5. The molecular formula is C20H27N3O. The quantitative estimate of drug-likeness (QED) is 0.823. The molecule has 1 heterocycles. The lowest BCUT2D eigenvalue weighted by atomic mass is 10.1.